The van der Waals surface area contributed by atoms with Crippen LogP contribution in [0.1, 0.15) is 11.1 Å². The fourth-order valence-electron chi connectivity index (χ4n) is 2.36. The molecule has 0 spiro atoms. The van der Waals surface area contributed by atoms with Crippen molar-refractivity contribution in [1.82, 2.24) is 9.55 Å². The van der Waals surface area contributed by atoms with Crippen LogP contribution >= 0.6 is 15.9 Å². The molecule has 3 aromatic rings. The molecule has 0 fully saturated rings. The highest BCUT2D eigenvalue weighted by Crippen LogP contribution is 2.25. The minimum Gasteiger partial charge on any atom is -0.328 e. The highest BCUT2D eigenvalue weighted by Gasteiger charge is 2.15. The Labute approximate surface area is 128 Å². The van der Waals surface area contributed by atoms with Gasteiger partial charge in [-0.25, -0.2) is 13.8 Å². The van der Waals surface area contributed by atoms with Crippen LogP contribution in [-0.2, 0) is 13.1 Å². The first-order chi connectivity index (χ1) is 10.1. The first-order valence-corrected chi connectivity index (χ1v) is 7.16. The van der Waals surface area contributed by atoms with E-state index in [2.05, 4.69) is 20.9 Å². The second-order valence-electron chi connectivity index (χ2n) is 4.68. The molecule has 0 radical (unpaired) electrons. The van der Waals surface area contributed by atoms with Crippen molar-refractivity contribution < 1.29 is 8.78 Å². The number of fused-ring (bicyclic) bond motifs is 1. The number of nitrogens with zero attached hydrogens (tertiary/aromatic N) is 2. The molecule has 0 bridgehead atoms. The molecule has 1 aromatic carbocycles. The molecular formula is C15H12BrF2N3. The van der Waals surface area contributed by atoms with Gasteiger partial charge in [-0.2, -0.15) is 0 Å². The van der Waals surface area contributed by atoms with Crippen LogP contribution < -0.4 is 5.73 Å². The fraction of sp³-hybridized carbons (Fsp3) is 0.133. The van der Waals surface area contributed by atoms with E-state index in [0.29, 0.717) is 12.2 Å². The van der Waals surface area contributed by atoms with Crippen molar-refractivity contribution in [3.8, 4) is 0 Å². The van der Waals surface area contributed by atoms with Crippen LogP contribution in [0.3, 0.4) is 0 Å². The average Bonchev–Trinajstić information content (AvgIpc) is 2.86. The molecule has 0 aliphatic carbocycles. The second kappa shape index (κ2) is 5.54. The topological polar surface area (TPSA) is 43.8 Å². The van der Waals surface area contributed by atoms with Crippen molar-refractivity contribution in [2.45, 2.75) is 13.1 Å². The molecular weight excluding hydrogens is 340 g/mol. The van der Waals surface area contributed by atoms with Gasteiger partial charge in [0.1, 0.15) is 17.3 Å². The van der Waals surface area contributed by atoms with E-state index < -0.39 is 11.6 Å². The Morgan fingerprint density at radius 2 is 2.05 bits per heavy atom. The number of hydrogen-bond donors (Lipinski definition) is 1. The van der Waals surface area contributed by atoms with Gasteiger partial charge in [0, 0.05) is 29.9 Å². The van der Waals surface area contributed by atoms with E-state index in [1.165, 1.54) is 12.1 Å². The van der Waals surface area contributed by atoms with Crippen molar-refractivity contribution in [1.29, 1.82) is 0 Å². The summed E-state index contributed by atoms with van der Waals surface area (Å²) in [5.41, 5.74) is 7.27. The zero-order valence-electron chi connectivity index (χ0n) is 11.0. The van der Waals surface area contributed by atoms with Gasteiger partial charge in [0.2, 0.25) is 0 Å². The fourth-order valence-corrected chi connectivity index (χ4v) is 2.73. The Bertz CT molecular complexity index is 814. The highest BCUT2D eigenvalue weighted by molar-refractivity contribution is 9.10. The number of aromatic nitrogens is 2. The van der Waals surface area contributed by atoms with Crippen LogP contribution in [0.2, 0.25) is 0 Å². The van der Waals surface area contributed by atoms with Crippen molar-refractivity contribution in [2.24, 2.45) is 5.73 Å². The predicted octanol–water partition coefficient (Wildman–Crippen LogP) is 3.58. The van der Waals surface area contributed by atoms with Crippen LogP contribution in [0.25, 0.3) is 11.0 Å². The summed E-state index contributed by atoms with van der Waals surface area (Å²) >= 11 is 3.08. The van der Waals surface area contributed by atoms with Gasteiger partial charge in [-0.15, -0.1) is 0 Å². The third-order valence-corrected chi connectivity index (χ3v) is 4.02. The normalized spacial score (nSPS) is 11.2. The Balaban J connectivity index is 2.13. The van der Waals surface area contributed by atoms with Gasteiger partial charge in [0.25, 0.3) is 0 Å². The van der Waals surface area contributed by atoms with Crippen LogP contribution in [0.15, 0.2) is 41.1 Å². The summed E-state index contributed by atoms with van der Waals surface area (Å²) in [6.45, 7) is 0.406. The summed E-state index contributed by atoms with van der Waals surface area (Å²) in [6.07, 6.45) is 3.43. The number of nitrogens with two attached hydrogens (primary N) is 1. The lowest BCUT2D eigenvalue weighted by atomic mass is 10.2. The third-order valence-electron chi connectivity index (χ3n) is 3.40. The van der Waals surface area contributed by atoms with Gasteiger partial charge in [0.05, 0.1) is 11.0 Å². The summed E-state index contributed by atoms with van der Waals surface area (Å²) in [5.74, 6) is -1.18. The minimum absolute atomic E-state index is 0.00417. The van der Waals surface area contributed by atoms with E-state index in [4.69, 9.17) is 5.73 Å². The molecule has 0 aliphatic heterocycles. The largest absolute Gasteiger partial charge is 0.328 e. The zero-order chi connectivity index (χ0) is 15.0. The molecule has 2 N–H and O–H groups in total. The molecule has 21 heavy (non-hydrogen) atoms. The van der Waals surface area contributed by atoms with Gasteiger partial charge in [-0.05, 0) is 45.8 Å². The van der Waals surface area contributed by atoms with Gasteiger partial charge in [-0.1, -0.05) is 0 Å². The molecule has 0 saturated heterocycles. The number of halogens is 3. The van der Waals surface area contributed by atoms with E-state index in [9.17, 15) is 8.78 Å². The van der Waals surface area contributed by atoms with Crippen LogP contribution in [0.4, 0.5) is 8.78 Å². The molecule has 2 aromatic heterocycles. The standard InChI is InChI=1S/C15H12BrF2N3/c16-12-3-4-13(17)11(14(12)18)8-21-7-9(6-19)10-2-1-5-20-15(10)21/h1-5,7H,6,8,19H2. The third kappa shape index (κ3) is 2.45. The smallest absolute Gasteiger partial charge is 0.145 e. The predicted molar refractivity (Wildman–Crippen MR) is 80.8 cm³/mol. The summed E-state index contributed by atoms with van der Waals surface area (Å²) in [6, 6.07) is 6.30. The maximum Gasteiger partial charge on any atom is 0.145 e. The average molecular weight is 352 g/mol. The number of pyridine rings is 1. The molecule has 0 atom stereocenters. The summed E-state index contributed by atoms with van der Waals surface area (Å²) in [5, 5.41) is 0.899. The van der Waals surface area contributed by atoms with Crippen molar-refractivity contribution in [3.05, 3.63) is 63.9 Å². The lowest BCUT2D eigenvalue weighted by molar-refractivity contribution is 0.542. The summed E-state index contributed by atoms with van der Waals surface area (Å²) < 4.78 is 29.9. The molecule has 0 unspecified atom stereocenters. The molecule has 3 nitrogen and oxygen atoms in total. The molecule has 3 rings (SSSR count). The zero-order valence-corrected chi connectivity index (χ0v) is 12.6. The Hall–Kier alpha value is -1.79. The number of hydrogen-bond acceptors (Lipinski definition) is 2. The van der Waals surface area contributed by atoms with E-state index in [1.807, 2.05) is 12.1 Å². The summed E-state index contributed by atoms with van der Waals surface area (Å²) in [7, 11) is 0. The Morgan fingerprint density at radius 1 is 1.24 bits per heavy atom. The van der Waals surface area contributed by atoms with Gasteiger partial charge >= 0.3 is 0 Å². The van der Waals surface area contributed by atoms with Crippen molar-refractivity contribution >= 4 is 27.0 Å². The van der Waals surface area contributed by atoms with Crippen molar-refractivity contribution in [2.75, 3.05) is 0 Å². The van der Waals surface area contributed by atoms with Gasteiger partial charge in [-0.3, -0.25) is 0 Å². The quantitative estimate of drug-likeness (QED) is 0.733. The number of benzene rings is 1. The first kappa shape index (κ1) is 14.2. The molecule has 2 heterocycles. The van der Waals surface area contributed by atoms with Gasteiger partial charge < -0.3 is 10.3 Å². The van der Waals surface area contributed by atoms with Crippen LogP contribution in [-0.4, -0.2) is 9.55 Å². The minimum atomic E-state index is -0.595. The highest BCUT2D eigenvalue weighted by atomic mass is 79.9. The molecule has 108 valence electrons. The SMILES string of the molecule is NCc1cn(Cc2c(F)ccc(Br)c2F)c2ncccc12. The van der Waals surface area contributed by atoms with Crippen molar-refractivity contribution in [3.63, 3.8) is 0 Å². The first-order valence-electron chi connectivity index (χ1n) is 6.37. The molecule has 6 heteroatoms. The van der Waals surface area contributed by atoms with Gasteiger partial charge in [0.15, 0.2) is 0 Å². The summed E-state index contributed by atoms with van der Waals surface area (Å²) in [4.78, 5) is 4.28. The maximum atomic E-state index is 14.1. The maximum absolute atomic E-state index is 14.1. The van der Waals surface area contributed by atoms with E-state index in [-0.39, 0.29) is 16.6 Å². The monoisotopic (exact) mass is 351 g/mol. The Morgan fingerprint density at radius 3 is 2.81 bits per heavy atom. The van der Waals surface area contributed by atoms with E-state index >= 15 is 0 Å². The Kier molecular flexibility index (Phi) is 3.73. The number of rotatable bonds is 3. The van der Waals surface area contributed by atoms with E-state index in [0.717, 1.165) is 10.9 Å². The lowest BCUT2D eigenvalue weighted by Gasteiger charge is -2.08. The molecule has 0 amide bonds. The molecule has 0 aliphatic rings. The lowest BCUT2D eigenvalue weighted by Crippen LogP contribution is -2.05. The van der Waals surface area contributed by atoms with Crippen LogP contribution in [0.5, 0.6) is 0 Å². The van der Waals surface area contributed by atoms with E-state index in [1.54, 1.807) is 17.0 Å². The second-order valence-corrected chi connectivity index (χ2v) is 5.54. The molecule has 0 saturated carbocycles. The van der Waals surface area contributed by atoms with Crippen LogP contribution in [0, 0.1) is 11.6 Å².